The minimum atomic E-state index is -0.980. The second-order valence-electron chi connectivity index (χ2n) is 2.40. The first-order valence-electron chi connectivity index (χ1n) is 3.20. The van der Waals surface area contributed by atoms with Crippen molar-refractivity contribution in [2.75, 3.05) is 5.73 Å². The van der Waals surface area contributed by atoms with Crippen LogP contribution in [0.2, 0.25) is 0 Å². The standard InChI is InChI=1S/C8H9NO2.ClH/c1-5-2-3-7(9)6(4-5)8(10)11;/h2-4H,9H2,1H3,(H,10,11);1H. The molecule has 0 aromatic heterocycles. The highest BCUT2D eigenvalue weighted by atomic mass is 35.5. The van der Waals surface area contributed by atoms with Gasteiger partial charge in [0.05, 0.1) is 5.56 Å². The van der Waals surface area contributed by atoms with E-state index < -0.39 is 5.97 Å². The first kappa shape index (κ1) is 10.8. The molecule has 12 heavy (non-hydrogen) atoms. The van der Waals surface area contributed by atoms with Crippen LogP contribution in [0.3, 0.4) is 0 Å². The van der Waals surface area contributed by atoms with Crippen LogP contribution in [0.15, 0.2) is 18.2 Å². The fourth-order valence-electron chi connectivity index (χ4n) is 0.855. The first-order valence-corrected chi connectivity index (χ1v) is 3.20. The van der Waals surface area contributed by atoms with Gasteiger partial charge in [-0.25, -0.2) is 4.79 Å². The summed E-state index contributed by atoms with van der Waals surface area (Å²) in [4.78, 5) is 10.5. The highest BCUT2D eigenvalue weighted by molar-refractivity contribution is 5.93. The Morgan fingerprint density at radius 3 is 2.50 bits per heavy atom. The van der Waals surface area contributed by atoms with Gasteiger partial charge in [-0.15, -0.1) is 12.4 Å². The third-order valence-corrected chi connectivity index (χ3v) is 1.44. The Bertz CT molecular complexity index is 299. The van der Waals surface area contributed by atoms with Gasteiger partial charge in [0.2, 0.25) is 0 Å². The summed E-state index contributed by atoms with van der Waals surface area (Å²) in [5.74, 6) is -0.980. The molecular weight excluding hydrogens is 178 g/mol. The lowest BCUT2D eigenvalue weighted by atomic mass is 10.1. The lowest BCUT2D eigenvalue weighted by molar-refractivity contribution is 0.0698. The van der Waals surface area contributed by atoms with Gasteiger partial charge in [0.25, 0.3) is 0 Å². The number of hydrogen-bond donors (Lipinski definition) is 2. The maximum absolute atomic E-state index is 10.5. The predicted octanol–water partition coefficient (Wildman–Crippen LogP) is 1.70. The Morgan fingerprint density at radius 1 is 1.50 bits per heavy atom. The van der Waals surface area contributed by atoms with Crippen LogP contribution >= 0.6 is 12.4 Å². The van der Waals surface area contributed by atoms with E-state index in [9.17, 15) is 4.79 Å². The van der Waals surface area contributed by atoms with E-state index in [0.29, 0.717) is 5.69 Å². The highest BCUT2D eigenvalue weighted by Gasteiger charge is 2.05. The SMILES string of the molecule is Cc1ccc(N)c(C(=O)O)c1.Cl. The van der Waals surface area contributed by atoms with Crippen LogP contribution in [0.1, 0.15) is 15.9 Å². The summed E-state index contributed by atoms with van der Waals surface area (Å²) in [6.45, 7) is 1.83. The van der Waals surface area contributed by atoms with Crippen LogP contribution in [0, 0.1) is 6.92 Å². The summed E-state index contributed by atoms with van der Waals surface area (Å²) in [5.41, 5.74) is 6.79. The average Bonchev–Trinajstić information content (AvgIpc) is 1.94. The minimum absolute atomic E-state index is 0. The molecular formula is C8H10ClNO2. The fourth-order valence-corrected chi connectivity index (χ4v) is 0.855. The molecule has 0 aliphatic carbocycles. The van der Waals surface area contributed by atoms with Crippen molar-refractivity contribution in [2.45, 2.75) is 6.92 Å². The predicted molar refractivity (Wildman–Crippen MR) is 49.8 cm³/mol. The van der Waals surface area contributed by atoms with E-state index in [1.54, 1.807) is 18.2 Å². The number of carbonyl (C=O) groups is 1. The number of anilines is 1. The number of rotatable bonds is 1. The first-order chi connectivity index (χ1) is 5.11. The zero-order chi connectivity index (χ0) is 8.43. The monoisotopic (exact) mass is 187 g/mol. The van der Waals surface area contributed by atoms with E-state index in [0.717, 1.165) is 5.56 Å². The molecule has 0 spiro atoms. The van der Waals surface area contributed by atoms with Crippen LogP contribution in [0.4, 0.5) is 5.69 Å². The van der Waals surface area contributed by atoms with E-state index in [1.165, 1.54) is 0 Å². The number of aromatic carboxylic acids is 1. The van der Waals surface area contributed by atoms with E-state index in [1.807, 2.05) is 6.92 Å². The van der Waals surface area contributed by atoms with E-state index in [2.05, 4.69) is 0 Å². The van der Waals surface area contributed by atoms with Crippen molar-refractivity contribution < 1.29 is 9.90 Å². The van der Waals surface area contributed by atoms with Crippen molar-refractivity contribution in [3.05, 3.63) is 29.3 Å². The maximum Gasteiger partial charge on any atom is 0.337 e. The number of benzene rings is 1. The van der Waals surface area contributed by atoms with Gasteiger partial charge >= 0.3 is 5.97 Å². The van der Waals surface area contributed by atoms with Crippen LogP contribution in [0.5, 0.6) is 0 Å². The zero-order valence-corrected chi connectivity index (χ0v) is 7.39. The topological polar surface area (TPSA) is 63.3 Å². The van der Waals surface area contributed by atoms with Gasteiger partial charge in [0.15, 0.2) is 0 Å². The maximum atomic E-state index is 10.5. The summed E-state index contributed by atoms with van der Waals surface area (Å²) in [7, 11) is 0. The zero-order valence-electron chi connectivity index (χ0n) is 6.57. The molecule has 0 saturated heterocycles. The molecule has 4 heteroatoms. The fraction of sp³-hybridized carbons (Fsp3) is 0.125. The molecule has 1 rings (SSSR count). The molecule has 66 valence electrons. The Hall–Kier alpha value is -1.22. The molecule has 0 bridgehead atoms. The molecule has 3 N–H and O–H groups in total. The molecule has 0 atom stereocenters. The number of nitrogens with two attached hydrogens (primary N) is 1. The molecule has 0 aliphatic heterocycles. The third kappa shape index (κ3) is 2.13. The van der Waals surface area contributed by atoms with Crippen molar-refractivity contribution in [3.63, 3.8) is 0 Å². The van der Waals surface area contributed by atoms with Gasteiger partial charge in [-0.1, -0.05) is 11.6 Å². The number of halogens is 1. The second-order valence-corrected chi connectivity index (χ2v) is 2.40. The Morgan fingerprint density at radius 2 is 2.08 bits per heavy atom. The number of carboxylic acid groups (broad SMARTS) is 1. The molecule has 0 unspecified atom stereocenters. The molecule has 3 nitrogen and oxygen atoms in total. The Kier molecular flexibility index (Phi) is 3.57. The molecule has 0 aliphatic rings. The van der Waals surface area contributed by atoms with Crippen molar-refractivity contribution >= 4 is 24.1 Å². The normalized spacial score (nSPS) is 8.75. The lowest BCUT2D eigenvalue weighted by Gasteiger charge is -2.00. The highest BCUT2D eigenvalue weighted by Crippen LogP contribution is 2.12. The average molecular weight is 188 g/mol. The van der Waals surface area contributed by atoms with Crippen LogP contribution in [0.25, 0.3) is 0 Å². The number of carboxylic acids is 1. The van der Waals surface area contributed by atoms with Crippen LogP contribution < -0.4 is 5.73 Å². The van der Waals surface area contributed by atoms with E-state index in [4.69, 9.17) is 10.8 Å². The molecule has 0 saturated carbocycles. The van der Waals surface area contributed by atoms with Gasteiger partial charge < -0.3 is 10.8 Å². The summed E-state index contributed by atoms with van der Waals surface area (Å²) in [6, 6.07) is 4.93. The quantitative estimate of drug-likeness (QED) is 0.658. The number of nitrogen functional groups attached to an aromatic ring is 1. The third-order valence-electron chi connectivity index (χ3n) is 1.44. The lowest BCUT2D eigenvalue weighted by Crippen LogP contribution is -2.02. The van der Waals surface area contributed by atoms with Crippen molar-refractivity contribution in [1.82, 2.24) is 0 Å². The number of hydrogen-bond acceptors (Lipinski definition) is 2. The Labute approximate surface area is 76.6 Å². The second kappa shape index (κ2) is 3.97. The smallest absolute Gasteiger partial charge is 0.337 e. The molecule has 0 heterocycles. The van der Waals surface area contributed by atoms with Crippen molar-refractivity contribution in [2.24, 2.45) is 0 Å². The number of aryl methyl sites for hydroxylation is 1. The summed E-state index contributed by atoms with van der Waals surface area (Å²) < 4.78 is 0. The Balaban J connectivity index is 0.00000121. The minimum Gasteiger partial charge on any atom is -0.478 e. The largest absolute Gasteiger partial charge is 0.478 e. The van der Waals surface area contributed by atoms with E-state index in [-0.39, 0.29) is 18.0 Å². The van der Waals surface area contributed by atoms with Gasteiger partial charge in [0, 0.05) is 5.69 Å². The van der Waals surface area contributed by atoms with Gasteiger partial charge in [-0.2, -0.15) is 0 Å². The van der Waals surface area contributed by atoms with Gasteiger partial charge in [0.1, 0.15) is 0 Å². The molecule has 0 amide bonds. The molecule has 1 aromatic carbocycles. The molecule has 0 fully saturated rings. The summed E-state index contributed by atoms with van der Waals surface area (Å²) in [6.07, 6.45) is 0. The summed E-state index contributed by atoms with van der Waals surface area (Å²) in [5, 5.41) is 8.61. The van der Waals surface area contributed by atoms with Crippen molar-refractivity contribution in [3.8, 4) is 0 Å². The molecule has 1 aromatic rings. The van der Waals surface area contributed by atoms with E-state index >= 15 is 0 Å². The van der Waals surface area contributed by atoms with Gasteiger partial charge in [-0.3, -0.25) is 0 Å². The summed E-state index contributed by atoms with van der Waals surface area (Å²) >= 11 is 0. The van der Waals surface area contributed by atoms with Crippen molar-refractivity contribution in [1.29, 1.82) is 0 Å². The van der Waals surface area contributed by atoms with Crippen LogP contribution in [-0.2, 0) is 0 Å². The van der Waals surface area contributed by atoms with Gasteiger partial charge in [-0.05, 0) is 19.1 Å². The molecule has 0 radical (unpaired) electrons. The van der Waals surface area contributed by atoms with Crippen LogP contribution in [-0.4, -0.2) is 11.1 Å².